The second kappa shape index (κ2) is 4.65. The van der Waals surface area contributed by atoms with Crippen molar-refractivity contribution in [1.29, 1.82) is 0 Å². The summed E-state index contributed by atoms with van der Waals surface area (Å²) in [5, 5.41) is 12.1. The molecule has 8 nitrogen and oxygen atoms in total. The molecule has 2 N–H and O–H groups in total. The largest absolute Gasteiger partial charge is 0.477 e. The van der Waals surface area contributed by atoms with Gasteiger partial charge in [0, 0.05) is 18.5 Å². The summed E-state index contributed by atoms with van der Waals surface area (Å²) in [5.41, 5.74) is 1.18. The van der Waals surface area contributed by atoms with Crippen LogP contribution in [0, 0.1) is 6.92 Å². The molecule has 0 saturated heterocycles. The Hall–Kier alpha value is -2.90. The summed E-state index contributed by atoms with van der Waals surface area (Å²) in [5.74, 6) is -0.00951. The number of oxazole rings is 1. The summed E-state index contributed by atoms with van der Waals surface area (Å²) < 4.78 is 6.77. The van der Waals surface area contributed by atoms with Crippen LogP contribution in [0.3, 0.4) is 0 Å². The SMILES string of the molecule is Cc1ocnc1CNc1nc(C(=O)O)cc2nccn12. The van der Waals surface area contributed by atoms with Gasteiger partial charge in [0.2, 0.25) is 5.95 Å². The quantitative estimate of drug-likeness (QED) is 0.738. The topological polar surface area (TPSA) is 106 Å². The number of anilines is 1. The van der Waals surface area contributed by atoms with Crippen LogP contribution in [0.5, 0.6) is 0 Å². The van der Waals surface area contributed by atoms with Crippen LogP contribution in [0.15, 0.2) is 29.3 Å². The fourth-order valence-electron chi connectivity index (χ4n) is 1.82. The molecule has 3 aromatic heterocycles. The number of hydrogen-bond acceptors (Lipinski definition) is 6. The maximum absolute atomic E-state index is 11.1. The van der Waals surface area contributed by atoms with Gasteiger partial charge in [-0.2, -0.15) is 0 Å². The van der Waals surface area contributed by atoms with Gasteiger partial charge >= 0.3 is 5.97 Å². The molecule has 3 rings (SSSR count). The van der Waals surface area contributed by atoms with Crippen molar-refractivity contribution in [1.82, 2.24) is 19.4 Å². The zero-order valence-corrected chi connectivity index (χ0v) is 10.6. The van der Waals surface area contributed by atoms with Crippen LogP contribution >= 0.6 is 0 Å². The van der Waals surface area contributed by atoms with E-state index >= 15 is 0 Å². The van der Waals surface area contributed by atoms with Gasteiger partial charge in [-0.05, 0) is 6.92 Å². The Morgan fingerprint density at radius 1 is 1.50 bits per heavy atom. The van der Waals surface area contributed by atoms with Crippen LogP contribution in [0.25, 0.3) is 5.65 Å². The van der Waals surface area contributed by atoms with Crippen LogP contribution < -0.4 is 5.32 Å². The standard InChI is InChI=1S/C12H11N5O3/c1-7-9(15-6-20-7)5-14-12-16-8(11(18)19)4-10-13-2-3-17(10)12/h2-4,6H,5H2,1H3,(H,14,16)(H,18,19). The minimum absolute atomic E-state index is 0.0666. The highest BCUT2D eigenvalue weighted by Crippen LogP contribution is 2.13. The Morgan fingerprint density at radius 3 is 3.05 bits per heavy atom. The van der Waals surface area contributed by atoms with Crippen molar-refractivity contribution in [2.45, 2.75) is 13.5 Å². The molecule has 0 aliphatic rings. The maximum atomic E-state index is 11.1. The number of imidazole rings is 1. The summed E-state index contributed by atoms with van der Waals surface area (Å²) in [7, 11) is 0. The first-order chi connectivity index (χ1) is 9.65. The molecule has 0 radical (unpaired) electrons. The van der Waals surface area contributed by atoms with Gasteiger partial charge in [0.1, 0.15) is 17.1 Å². The minimum atomic E-state index is -1.10. The monoisotopic (exact) mass is 273 g/mol. The molecule has 0 aromatic carbocycles. The van der Waals surface area contributed by atoms with E-state index in [1.54, 1.807) is 23.7 Å². The van der Waals surface area contributed by atoms with Crippen molar-refractivity contribution in [3.05, 3.63) is 42.0 Å². The first-order valence-electron chi connectivity index (χ1n) is 5.85. The van der Waals surface area contributed by atoms with E-state index in [4.69, 9.17) is 9.52 Å². The summed E-state index contributed by atoms with van der Waals surface area (Å²) in [6.45, 7) is 2.18. The van der Waals surface area contributed by atoms with E-state index in [0.717, 1.165) is 5.69 Å². The van der Waals surface area contributed by atoms with Crippen molar-refractivity contribution in [3.63, 3.8) is 0 Å². The number of aryl methyl sites for hydroxylation is 1. The van der Waals surface area contributed by atoms with Crippen molar-refractivity contribution in [2.75, 3.05) is 5.32 Å². The number of fused-ring (bicyclic) bond motifs is 1. The Kier molecular flexibility index (Phi) is 2.82. The molecule has 0 fully saturated rings. The summed E-state index contributed by atoms with van der Waals surface area (Å²) >= 11 is 0. The molecule has 3 aromatic rings. The number of nitrogens with one attached hydrogen (secondary N) is 1. The van der Waals surface area contributed by atoms with Crippen molar-refractivity contribution in [3.8, 4) is 0 Å². The highest BCUT2D eigenvalue weighted by molar-refractivity contribution is 5.87. The number of carboxylic acids is 1. The highest BCUT2D eigenvalue weighted by Gasteiger charge is 2.12. The van der Waals surface area contributed by atoms with Gasteiger partial charge in [0.05, 0.1) is 6.54 Å². The molecule has 0 bridgehead atoms. The normalized spacial score (nSPS) is 10.8. The van der Waals surface area contributed by atoms with Gasteiger partial charge in [0.25, 0.3) is 0 Å². The third-order valence-corrected chi connectivity index (χ3v) is 2.87. The van der Waals surface area contributed by atoms with Gasteiger partial charge in [-0.3, -0.25) is 4.40 Å². The first kappa shape index (κ1) is 12.2. The number of hydrogen-bond donors (Lipinski definition) is 2. The number of carbonyl (C=O) groups is 1. The Bertz CT molecular complexity index is 776. The lowest BCUT2D eigenvalue weighted by Gasteiger charge is -2.08. The average molecular weight is 273 g/mol. The van der Waals surface area contributed by atoms with E-state index in [1.165, 1.54) is 12.5 Å². The lowest BCUT2D eigenvalue weighted by molar-refractivity contribution is 0.0690. The molecule has 20 heavy (non-hydrogen) atoms. The molecule has 0 aliphatic carbocycles. The summed E-state index contributed by atoms with van der Waals surface area (Å²) in [4.78, 5) is 23.2. The predicted octanol–water partition coefficient (Wildman–Crippen LogP) is 1.34. The number of carboxylic acid groups (broad SMARTS) is 1. The van der Waals surface area contributed by atoms with Gasteiger partial charge in [-0.15, -0.1) is 0 Å². The van der Waals surface area contributed by atoms with E-state index in [1.807, 2.05) is 0 Å². The lowest BCUT2D eigenvalue weighted by Crippen LogP contribution is -2.11. The average Bonchev–Trinajstić information content (AvgIpc) is 3.04. The van der Waals surface area contributed by atoms with E-state index in [2.05, 4.69) is 20.3 Å². The van der Waals surface area contributed by atoms with Gasteiger partial charge < -0.3 is 14.8 Å². The van der Waals surface area contributed by atoms with Crippen molar-refractivity contribution < 1.29 is 14.3 Å². The molecule has 0 saturated carbocycles. The molecule has 0 amide bonds. The van der Waals surface area contributed by atoms with Crippen LogP contribution in [-0.2, 0) is 6.54 Å². The van der Waals surface area contributed by atoms with Gasteiger partial charge in [-0.1, -0.05) is 0 Å². The van der Waals surface area contributed by atoms with Crippen molar-refractivity contribution in [2.24, 2.45) is 0 Å². The third kappa shape index (κ3) is 2.07. The van der Waals surface area contributed by atoms with Crippen LogP contribution in [0.2, 0.25) is 0 Å². The van der Waals surface area contributed by atoms with Gasteiger partial charge in [-0.25, -0.2) is 19.7 Å². The molecular formula is C12H11N5O3. The molecule has 3 heterocycles. The fourth-order valence-corrected chi connectivity index (χ4v) is 1.82. The Morgan fingerprint density at radius 2 is 2.35 bits per heavy atom. The predicted molar refractivity (Wildman–Crippen MR) is 68.5 cm³/mol. The molecule has 102 valence electrons. The molecule has 0 atom stereocenters. The summed E-state index contributed by atoms with van der Waals surface area (Å²) in [6, 6.07) is 1.41. The second-order valence-electron chi connectivity index (χ2n) is 4.13. The fraction of sp³-hybridized carbons (Fsp3) is 0.167. The van der Waals surface area contributed by atoms with Crippen molar-refractivity contribution >= 4 is 17.6 Å². The zero-order valence-electron chi connectivity index (χ0n) is 10.6. The lowest BCUT2D eigenvalue weighted by atomic mass is 10.3. The molecule has 0 unspecified atom stereocenters. The number of aromatic carboxylic acids is 1. The molecule has 8 heteroatoms. The van der Waals surface area contributed by atoms with E-state index < -0.39 is 5.97 Å². The smallest absolute Gasteiger partial charge is 0.354 e. The highest BCUT2D eigenvalue weighted by atomic mass is 16.4. The number of aromatic nitrogens is 4. The first-order valence-corrected chi connectivity index (χ1v) is 5.85. The molecule has 0 aliphatic heterocycles. The molecular weight excluding hydrogens is 262 g/mol. The van der Waals surface area contributed by atoms with Crippen LogP contribution in [0.4, 0.5) is 5.95 Å². The number of nitrogens with zero attached hydrogens (tertiary/aromatic N) is 4. The minimum Gasteiger partial charge on any atom is -0.477 e. The second-order valence-corrected chi connectivity index (χ2v) is 4.13. The number of rotatable bonds is 4. The van der Waals surface area contributed by atoms with Gasteiger partial charge in [0.15, 0.2) is 12.1 Å². The van der Waals surface area contributed by atoms with E-state index in [0.29, 0.717) is 23.9 Å². The maximum Gasteiger partial charge on any atom is 0.354 e. The van der Waals surface area contributed by atoms with Crippen LogP contribution in [0.1, 0.15) is 21.9 Å². The summed E-state index contributed by atoms with van der Waals surface area (Å²) in [6.07, 6.45) is 4.64. The molecule has 0 spiro atoms. The van der Waals surface area contributed by atoms with Crippen LogP contribution in [-0.4, -0.2) is 30.4 Å². The third-order valence-electron chi connectivity index (χ3n) is 2.87. The Labute approximate surface area is 113 Å². The van der Waals surface area contributed by atoms with E-state index in [-0.39, 0.29) is 5.69 Å². The van der Waals surface area contributed by atoms with E-state index in [9.17, 15) is 4.79 Å². The zero-order chi connectivity index (χ0) is 14.1. The Balaban J connectivity index is 1.95.